The SMILES string of the molecule is CCC(CO)OC(CO)OC.CCC(CO)OC(COC(=O)CCC(=O)NCCCNC(=O)CCC(C)(C)SSc1ccc([N+](=O)[O-])cn1)OC.CCC(CO)OC(COC(=O)CCC(=O)O)OC.CCC(CO)OC(COC(=O)CCCC(=O)NC(C)C(=O)OCCCCC(=O)[C@]1(O)C2N(C)c3cc(C)c([C@@]4(C)C[C@@H]5CN(CCc6c4[nH]c4ccccc64)CC(O)(CC)C5)cc3C23CCN2CC=C[C@](CC)(C23)[C@H]1O)OC.O=C=O. The van der Waals surface area contributed by atoms with Crippen LogP contribution in [0.25, 0.3) is 10.9 Å². The zero-order valence-electron chi connectivity index (χ0n) is 89.7. The number of likely N-dealkylation sites (N-methyl/N-ethyl adjacent to an activating group) is 1. The number of amides is 3. The van der Waals surface area contributed by atoms with Gasteiger partial charge in [0.1, 0.15) is 43.2 Å². The number of rotatable bonds is 59. The Balaban J connectivity index is 0.000000392. The van der Waals surface area contributed by atoms with Gasteiger partial charge in [0, 0.05) is 162 Å². The van der Waals surface area contributed by atoms with Gasteiger partial charge in [-0.2, -0.15) is 9.59 Å². The number of aromatic amines is 1. The Bertz CT molecular complexity index is 4930. The lowest BCUT2D eigenvalue weighted by Crippen LogP contribution is -2.80. The number of anilines is 1. The first-order valence-corrected chi connectivity index (χ1v) is 53.8. The number of nitrogens with zero attached hydrogens (tertiary/aromatic N) is 5. The van der Waals surface area contributed by atoms with E-state index in [0.717, 1.165) is 61.2 Å². The third-order valence-electron chi connectivity index (χ3n) is 28.4. The molecule has 2 aromatic carbocycles. The maximum absolute atomic E-state index is 15.2. The molecule has 10 rings (SSSR count). The van der Waals surface area contributed by atoms with Gasteiger partial charge in [0.2, 0.25) is 17.7 Å². The lowest BCUT2D eigenvalue weighted by molar-refractivity contribution is -0.385. The summed E-state index contributed by atoms with van der Waals surface area (Å²) in [4.78, 5) is 152. The Labute approximate surface area is 886 Å². The Hall–Kier alpha value is -9.14. The summed E-state index contributed by atoms with van der Waals surface area (Å²) in [6, 6.07) is 14.4. The van der Waals surface area contributed by atoms with Gasteiger partial charge < -0.3 is 129 Å². The first-order chi connectivity index (χ1) is 71.5. The smallest absolute Gasteiger partial charge is 0.373 e. The molecule has 1 aliphatic carbocycles. The predicted molar refractivity (Wildman–Crippen MR) is 554 cm³/mol. The van der Waals surface area contributed by atoms with E-state index in [-0.39, 0.29) is 170 Å². The Morgan fingerprint density at radius 3 is 1.73 bits per heavy atom. The van der Waals surface area contributed by atoms with Crippen LogP contribution in [0.15, 0.2) is 71.9 Å². The van der Waals surface area contributed by atoms with Crippen LogP contribution in [0.3, 0.4) is 0 Å². The fourth-order valence-corrected chi connectivity index (χ4v) is 22.5. The number of unbranched alkanes of at least 4 members (excludes halogenated alkanes) is 1. The number of ether oxygens (including phenoxy) is 12. The average molecular weight is 2160 g/mol. The number of carboxylic acid groups (broad SMARTS) is 1. The molecule has 14 unspecified atom stereocenters. The van der Waals surface area contributed by atoms with Crippen LogP contribution in [0.1, 0.15) is 238 Å². The molecule has 150 heavy (non-hydrogen) atoms. The number of nitrogens with one attached hydrogen (secondary N) is 4. The molecule has 2 saturated heterocycles. The van der Waals surface area contributed by atoms with Crippen molar-refractivity contribution >= 4 is 103 Å². The summed E-state index contributed by atoms with van der Waals surface area (Å²) in [5.74, 6) is -4.47. The maximum atomic E-state index is 15.2. The molecule has 6 aliphatic rings. The van der Waals surface area contributed by atoms with E-state index in [4.69, 9.17) is 86.9 Å². The molecule has 4 aromatic rings. The summed E-state index contributed by atoms with van der Waals surface area (Å²) < 4.78 is 61.8. The fourth-order valence-electron chi connectivity index (χ4n) is 20.3. The van der Waals surface area contributed by atoms with Crippen molar-refractivity contribution in [3.63, 3.8) is 0 Å². The third-order valence-corrected chi connectivity index (χ3v) is 31.7. The standard InChI is InChI=1S/C61H87N5O12.C25H40N4O9S2.C11H20O7.C7H16O4.CO2/c1-9-41(35-67)78-51(75-8)36-77-50(70)22-16-21-49(69)62-39(5)53(71)76-29-15-14-20-48(68)61(74)55-60(25-28-66-26-17-24-59(11-3,54(60)66)56(61)72)45-31-44(38(4)30-47(45)64(55)7)57(6)32-40-33-58(73,10-2)37-65(34-40)27-23-43-42-18-12-13-19-46(42)63-52(43)57;1-5-19(16-30)38-24(36-4)17-37-23(33)10-8-20(31)26-13-6-14-27-21(32)11-12-25(2,3)40-39-22-9-7-18(15-28-22)29(34)35;1-3-8(6-12)18-11(16-2)7-17-10(15)5-4-9(13)14;1-3-6(4-8)11-7(5-9)10-2;2-1-3/h12-13,17-19,24,30-31,39-41,51,54-56,63,67,72-74H,9-11,14-16,20-23,25-29,32-37H2,1-8H3,(H,62,69);7,9,15,19,24,30H,5-6,8,10-14,16-17H2,1-4H3,(H,26,31)(H,27,32);8,11-12H,3-7H2,1-2H3,(H,13,14);6-9H,3-5H2,1-2H3;/t39?,40-,41?,51?,54?,55?,56+,57+,58?,59+,60?,61-;;;;/m0..../s1. The van der Waals surface area contributed by atoms with Crippen LogP contribution in [-0.2, 0) is 127 Å². The van der Waals surface area contributed by atoms with E-state index in [1.807, 2.05) is 48.6 Å². The van der Waals surface area contributed by atoms with Crippen molar-refractivity contribution < 1.29 is 160 Å². The van der Waals surface area contributed by atoms with Gasteiger partial charge in [0.15, 0.2) is 36.5 Å². The van der Waals surface area contributed by atoms with Crippen LogP contribution in [0.5, 0.6) is 0 Å². The highest BCUT2D eigenvalue weighted by Gasteiger charge is 2.78. The van der Waals surface area contributed by atoms with Gasteiger partial charge in [-0.15, -0.1) is 0 Å². The minimum atomic E-state index is -2.17. The summed E-state index contributed by atoms with van der Waals surface area (Å²) in [5, 5.41) is 113. The van der Waals surface area contributed by atoms with Gasteiger partial charge in [-0.05, 0) is 195 Å². The first-order valence-electron chi connectivity index (χ1n) is 51.7. The molecule has 3 fully saturated rings. The molecule has 45 heteroatoms. The number of esters is 4. The molecule has 2 aromatic heterocycles. The second-order valence-electron chi connectivity index (χ2n) is 39.2. The van der Waals surface area contributed by atoms with E-state index in [2.05, 4.69) is 117 Å². The number of aliphatic hydroxyl groups excluding tert-OH is 6. The number of aryl methyl sites for hydroxylation is 1. The quantitative estimate of drug-likeness (QED) is 0.00291. The van der Waals surface area contributed by atoms with Crippen LogP contribution >= 0.6 is 21.6 Å². The molecule has 7 heterocycles. The number of carbonyl (C=O) groups excluding carboxylic acids is 10. The highest BCUT2D eigenvalue weighted by Crippen LogP contribution is 2.68. The summed E-state index contributed by atoms with van der Waals surface area (Å²) >= 11 is 0. The Morgan fingerprint density at radius 2 is 1.21 bits per heavy atom. The highest BCUT2D eigenvalue weighted by molar-refractivity contribution is 8.77. The van der Waals surface area contributed by atoms with Gasteiger partial charge in [-0.1, -0.05) is 88.8 Å². The van der Waals surface area contributed by atoms with Crippen molar-refractivity contribution in [2.75, 3.05) is 146 Å². The fraction of sp³-hybridized carbons (Fsp3) is 0.705. The van der Waals surface area contributed by atoms with E-state index in [9.17, 15) is 74.0 Å². The van der Waals surface area contributed by atoms with Gasteiger partial charge in [0.25, 0.3) is 5.69 Å². The first kappa shape index (κ1) is 130. The number of hydrogen-bond acceptors (Lipinski definition) is 39. The summed E-state index contributed by atoms with van der Waals surface area (Å²) in [6.45, 7) is 25.2. The molecule has 5 aliphatic heterocycles. The van der Waals surface area contributed by atoms with E-state index < -0.39 is 129 Å². The van der Waals surface area contributed by atoms with Crippen LogP contribution < -0.4 is 20.9 Å². The van der Waals surface area contributed by atoms with Crippen LogP contribution in [0, 0.1) is 28.4 Å². The van der Waals surface area contributed by atoms with Gasteiger partial charge in [-0.25, -0.2) is 9.78 Å². The Kier molecular flexibility index (Phi) is 55.5. The number of Topliss-reactive ketones (excluding diaryl/α,β-unsaturated/α-hetero) is 1. The van der Waals surface area contributed by atoms with Crippen molar-refractivity contribution in [3.8, 4) is 0 Å². The van der Waals surface area contributed by atoms with E-state index in [1.54, 1.807) is 16.9 Å². The minimum Gasteiger partial charge on any atom is -0.481 e. The van der Waals surface area contributed by atoms with Crippen molar-refractivity contribution in [2.24, 2.45) is 11.3 Å². The number of piperidine rings is 1. The number of hydrogen-bond donors (Lipinski definition) is 13. The number of aliphatic hydroxyl groups is 8. The number of nitro groups is 1. The summed E-state index contributed by atoms with van der Waals surface area (Å²) in [5.41, 5.74) is 2.87. The number of benzene rings is 2. The molecule has 844 valence electrons. The number of carboxylic acids is 1. The third kappa shape index (κ3) is 36.8. The zero-order chi connectivity index (χ0) is 111. The molecule has 19 atom stereocenters. The molecule has 3 amide bonds. The van der Waals surface area contributed by atoms with E-state index in [1.165, 1.54) is 80.6 Å². The normalized spacial score (nSPS) is 23.1. The topological polar surface area (TPSA) is 598 Å². The van der Waals surface area contributed by atoms with Crippen LogP contribution in [0.2, 0.25) is 0 Å². The maximum Gasteiger partial charge on any atom is 0.373 e. The number of H-pyrrole nitrogens is 1. The molecule has 2 bridgehead atoms. The number of pyridine rings is 1. The number of para-hydroxylation sites is 1. The second-order valence-corrected chi connectivity index (χ2v) is 42.1. The van der Waals surface area contributed by atoms with E-state index in [0.29, 0.717) is 102 Å². The van der Waals surface area contributed by atoms with Gasteiger partial charge in [0.05, 0.1) is 99.9 Å². The molecule has 1 spiro atoms. The Morgan fingerprint density at radius 1 is 0.653 bits per heavy atom. The zero-order valence-corrected chi connectivity index (χ0v) is 91.4. The number of methoxy groups -OCH3 is 4. The van der Waals surface area contributed by atoms with Crippen molar-refractivity contribution in [1.29, 1.82) is 0 Å². The largest absolute Gasteiger partial charge is 0.481 e. The van der Waals surface area contributed by atoms with Crippen molar-refractivity contribution in [3.05, 3.63) is 105 Å². The van der Waals surface area contributed by atoms with E-state index >= 15 is 4.79 Å². The monoisotopic (exact) mass is 2160 g/mol. The van der Waals surface area contributed by atoms with Crippen LogP contribution in [-0.4, -0.2) is 361 Å². The highest BCUT2D eigenvalue weighted by atomic mass is 33.1. The molecular formula is C105H163N9O34S2. The molecular weight excluding hydrogens is 2000 g/mol. The van der Waals surface area contributed by atoms with Gasteiger partial charge in [-0.3, -0.25) is 58.3 Å². The summed E-state index contributed by atoms with van der Waals surface area (Å²) in [7, 11) is 10.6. The number of aromatic nitrogens is 2. The molecule has 1 saturated carbocycles. The molecule has 13 N–H and O–H groups in total. The second kappa shape index (κ2) is 64.3. The lowest BCUT2D eigenvalue weighted by Gasteiger charge is -2.63. The molecule has 43 nitrogen and oxygen atoms in total. The number of fused-ring (bicyclic) bond motifs is 6. The lowest BCUT2D eigenvalue weighted by atomic mass is 9.47. The van der Waals surface area contributed by atoms with Crippen LogP contribution in [0.4, 0.5) is 11.4 Å². The minimum absolute atomic E-state index is 0.0183. The number of aliphatic carboxylic acids is 1. The van der Waals surface area contributed by atoms with Gasteiger partial charge >= 0.3 is 36.0 Å². The van der Waals surface area contributed by atoms with Crippen molar-refractivity contribution in [1.82, 2.24) is 35.7 Å². The van der Waals surface area contributed by atoms with Crippen molar-refractivity contribution in [2.45, 2.75) is 329 Å². The average Bonchev–Trinajstić information content (AvgIpc) is 1.48. The predicted octanol–water partition coefficient (Wildman–Crippen LogP) is 7.96. The molecule has 0 radical (unpaired) electrons. The summed E-state index contributed by atoms with van der Waals surface area (Å²) in [6.07, 6.45) is 8.06. The number of carbonyl (C=O) groups is 9. The number of ketones is 1.